The molecular weight excluding hydrogens is 242 g/mol. The molecule has 0 fully saturated rings. The first-order chi connectivity index (χ1) is 8.92. The van der Waals surface area contributed by atoms with Crippen LogP contribution in [0.2, 0.25) is 0 Å². The highest BCUT2D eigenvalue weighted by atomic mass is 16.5. The summed E-state index contributed by atoms with van der Waals surface area (Å²) in [6.45, 7) is 9.64. The van der Waals surface area contributed by atoms with Gasteiger partial charge in [0.2, 0.25) is 0 Å². The van der Waals surface area contributed by atoms with Crippen molar-refractivity contribution >= 4 is 0 Å². The van der Waals surface area contributed by atoms with Crippen LogP contribution in [0, 0.1) is 0 Å². The molecule has 0 spiro atoms. The molecule has 1 unspecified atom stereocenters. The average molecular weight is 269 g/mol. The second-order valence-corrected chi connectivity index (χ2v) is 5.42. The van der Waals surface area contributed by atoms with Gasteiger partial charge in [-0.3, -0.25) is 4.68 Å². The lowest BCUT2D eigenvalue weighted by Gasteiger charge is -2.26. The molecule has 0 aliphatic rings. The molecule has 5 nitrogen and oxygen atoms in total. The molecule has 0 aliphatic carbocycles. The minimum absolute atomic E-state index is 0.415. The Balaban J connectivity index is 2.87. The standard InChI is InChI=1S/C14H27N3O2/c1-6-9-17-13(12(19-5)10-16-17)14(4,18)7-8-15-11(2)3/h10-11,15,18H,6-9H2,1-5H3. The number of ether oxygens (including phenoxy) is 1. The van der Waals surface area contributed by atoms with E-state index in [1.165, 1.54) is 0 Å². The van der Waals surface area contributed by atoms with E-state index in [1.807, 2.05) is 11.6 Å². The Bertz CT molecular complexity index is 386. The van der Waals surface area contributed by atoms with Gasteiger partial charge in [-0.05, 0) is 26.3 Å². The molecule has 2 N–H and O–H groups in total. The van der Waals surface area contributed by atoms with Gasteiger partial charge in [0.25, 0.3) is 0 Å². The van der Waals surface area contributed by atoms with Gasteiger partial charge in [0.15, 0.2) is 5.75 Å². The molecule has 0 aromatic carbocycles. The first-order valence-electron chi connectivity index (χ1n) is 6.98. The van der Waals surface area contributed by atoms with Crippen LogP contribution in [0.1, 0.15) is 46.2 Å². The normalized spacial score (nSPS) is 14.7. The molecule has 110 valence electrons. The van der Waals surface area contributed by atoms with Crippen molar-refractivity contribution in [1.29, 1.82) is 0 Å². The fourth-order valence-electron chi connectivity index (χ4n) is 2.17. The van der Waals surface area contributed by atoms with Crippen molar-refractivity contribution in [3.63, 3.8) is 0 Å². The predicted molar refractivity (Wildman–Crippen MR) is 76.4 cm³/mol. The summed E-state index contributed by atoms with van der Waals surface area (Å²) in [5.41, 5.74) is -0.179. The van der Waals surface area contributed by atoms with Crippen LogP contribution in [0.5, 0.6) is 5.75 Å². The summed E-state index contributed by atoms with van der Waals surface area (Å²) in [6, 6.07) is 0.415. The van der Waals surface area contributed by atoms with Gasteiger partial charge in [-0.1, -0.05) is 20.8 Å². The number of aliphatic hydroxyl groups is 1. The Kier molecular flexibility index (Phi) is 5.82. The molecular formula is C14H27N3O2. The number of hydrogen-bond donors (Lipinski definition) is 2. The molecule has 1 rings (SSSR count). The molecule has 0 radical (unpaired) electrons. The van der Waals surface area contributed by atoms with E-state index < -0.39 is 5.60 Å². The summed E-state index contributed by atoms with van der Waals surface area (Å²) in [5.74, 6) is 0.656. The lowest BCUT2D eigenvalue weighted by Crippen LogP contribution is -2.33. The fraction of sp³-hybridized carbons (Fsp3) is 0.786. The Morgan fingerprint density at radius 1 is 1.53 bits per heavy atom. The van der Waals surface area contributed by atoms with Crippen LogP contribution in [0.4, 0.5) is 0 Å². The topological polar surface area (TPSA) is 59.3 Å². The van der Waals surface area contributed by atoms with Crippen molar-refractivity contribution < 1.29 is 9.84 Å². The van der Waals surface area contributed by atoms with Crippen molar-refractivity contribution in [2.24, 2.45) is 0 Å². The van der Waals surface area contributed by atoms with Gasteiger partial charge in [0.05, 0.1) is 13.3 Å². The maximum atomic E-state index is 10.7. The number of nitrogens with zero attached hydrogens (tertiary/aromatic N) is 2. The van der Waals surface area contributed by atoms with Crippen LogP contribution in [-0.2, 0) is 12.1 Å². The minimum Gasteiger partial charge on any atom is -0.493 e. The van der Waals surface area contributed by atoms with Crippen molar-refractivity contribution in [2.75, 3.05) is 13.7 Å². The Morgan fingerprint density at radius 2 is 2.21 bits per heavy atom. The molecule has 0 bridgehead atoms. The number of rotatable bonds is 8. The van der Waals surface area contributed by atoms with Crippen LogP contribution < -0.4 is 10.1 Å². The highest BCUT2D eigenvalue weighted by molar-refractivity contribution is 5.30. The number of hydrogen-bond acceptors (Lipinski definition) is 4. The highest BCUT2D eigenvalue weighted by Gasteiger charge is 2.31. The molecule has 0 saturated carbocycles. The third kappa shape index (κ3) is 4.21. The SMILES string of the molecule is CCCn1ncc(OC)c1C(C)(O)CCNC(C)C. The Labute approximate surface area is 116 Å². The Morgan fingerprint density at radius 3 is 2.74 bits per heavy atom. The molecule has 0 aliphatic heterocycles. The summed E-state index contributed by atoms with van der Waals surface area (Å²) >= 11 is 0. The summed E-state index contributed by atoms with van der Waals surface area (Å²) in [5, 5.41) is 18.3. The number of aryl methyl sites for hydroxylation is 1. The zero-order chi connectivity index (χ0) is 14.5. The van der Waals surface area contributed by atoms with Gasteiger partial charge >= 0.3 is 0 Å². The minimum atomic E-state index is -0.946. The first-order valence-corrected chi connectivity index (χ1v) is 6.98. The fourth-order valence-corrected chi connectivity index (χ4v) is 2.17. The van der Waals surface area contributed by atoms with Gasteiger partial charge in [-0.2, -0.15) is 5.10 Å². The zero-order valence-corrected chi connectivity index (χ0v) is 12.7. The lowest BCUT2D eigenvalue weighted by atomic mass is 9.97. The molecule has 1 aromatic heterocycles. The average Bonchev–Trinajstić information content (AvgIpc) is 2.72. The van der Waals surface area contributed by atoms with Crippen molar-refractivity contribution in [3.8, 4) is 5.75 Å². The number of aromatic nitrogens is 2. The summed E-state index contributed by atoms with van der Waals surface area (Å²) in [7, 11) is 1.61. The van der Waals surface area contributed by atoms with E-state index in [4.69, 9.17) is 4.74 Å². The molecule has 0 saturated heterocycles. The molecule has 19 heavy (non-hydrogen) atoms. The Hall–Kier alpha value is -1.07. The van der Waals surface area contributed by atoms with Crippen molar-refractivity contribution in [3.05, 3.63) is 11.9 Å². The van der Waals surface area contributed by atoms with Gasteiger partial charge in [-0.25, -0.2) is 0 Å². The second-order valence-electron chi connectivity index (χ2n) is 5.42. The van der Waals surface area contributed by atoms with Crippen molar-refractivity contribution in [2.45, 2.75) is 58.7 Å². The predicted octanol–water partition coefficient (Wildman–Crippen LogP) is 1.90. The molecule has 1 atom stereocenters. The van der Waals surface area contributed by atoms with E-state index >= 15 is 0 Å². The third-order valence-electron chi connectivity index (χ3n) is 3.14. The largest absolute Gasteiger partial charge is 0.493 e. The van der Waals surface area contributed by atoms with Crippen LogP contribution in [0.25, 0.3) is 0 Å². The van der Waals surface area contributed by atoms with Crippen LogP contribution in [0.15, 0.2) is 6.20 Å². The number of nitrogens with one attached hydrogen (secondary N) is 1. The molecule has 1 aromatic rings. The summed E-state index contributed by atoms with van der Waals surface area (Å²) < 4.78 is 7.16. The maximum Gasteiger partial charge on any atom is 0.162 e. The van der Waals surface area contributed by atoms with Crippen LogP contribution in [-0.4, -0.2) is 34.6 Å². The quantitative estimate of drug-likeness (QED) is 0.756. The number of methoxy groups -OCH3 is 1. The summed E-state index contributed by atoms with van der Waals surface area (Å²) in [6.07, 6.45) is 3.27. The van der Waals surface area contributed by atoms with E-state index in [1.54, 1.807) is 13.3 Å². The van der Waals surface area contributed by atoms with E-state index in [-0.39, 0.29) is 0 Å². The van der Waals surface area contributed by atoms with Crippen LogP contribution >= 0.6 is 0 Å². The molecule has 1 heterocycles. The summed E-state index contributed by atoms with van der Waals surface area (Å²) in [4.78, 5) is 0. The van der Waals surface area contributed by atoms with Crippen molar-refractivity contribution in [1.82, 2.24) is 15.1 Å². The van der Waals surface area contributed by atoms with E-state index in [2.05, 4.69) is 31.2 Å². The van der Waals surface area contributed by atoms with E-state index in [0.29, 0.717) is 18.2 Å². The molecule has 0 amide bonds. The second kappa shape index (κ2) is 6.91. The van der Waals surface area contributed by atoms with Gasteiger partial charge in [0, 0.05) is 12.6 Å². The molecule has 5 heteroatoms. The maximum absolute atomic E-state index is 10.7. The highest BCUT2D eigenvalue weighted by Crippen LogP contribution is 2.32. The lowest BCUT2D eigenvalue weighted by molar-refractivity contribution is 0.0355. The van der Waals surface area contributed by atoms with Gasteiger partial charge in [0.1, 0.15) is 11.3 Å². The smallest absolute Gasteiger partial charge is 0.162 e. The zero-order valence-electron chi connectivity index (χ0n) is 12.7. The van der Waals surface area contributed by atoms with Crippen LogP contribution in [0.3, 0.4) is 0 Å². The van der Waals surface area contributed by atoms with E-state index in [0.717, 1.165) is 25.2 Å². The monoisotopic (exact) mass is 269 g/mol. The first kappa shape index (κ1) is 16.0. The van der Waals surface area contributed by atoms with Gasteiger partial charge < -0.3 is 15.2 Å². The van der Waals surface area contributed by atoms with Gasteiger partial charge in [-0.15, -0.1) is 0 Å². The third-order valence-corrected chi connectivity index (χ3v) is 3.14. The van der Waals surface area contributed by atoms with E-state index in [9.17, 15) is 5.11 Å².